The molecule has 1 aliphatic heterocycles. The van der Waals surface area contributed by atoms with Gasteiger partial charge in [-0.3, -0.25) is 4.90 Å². The molecule has 0 aliphatic carbocycles. The summed E-state index contributed by atoms with van der Waals surface area (Å²) in [6.07, 6.45) is 0.391. The summed E-state index contributed by atoms with van der Waals surface area (Å²) >= 11 is 0. The van der Waals surface area contributed by atoms with Crippen LogP contribution < -0.4 is 5.32 Å². The molecular weight excluding hydrogens is 140 g/mol. The molecule has 1 unspecified atom stereocenters. The van der Waals surface area contributed by atoms with Crippen LogP contribution in [-0.4, -0.2) is 43.9 Å². The number of nitrogens with one attached hydrogen (secondary N) is 1. The molecule has 0 amide bonds. The smallest absolute Gasteiger partial charge is 0.0993 e. The molecule has 0 aromatic rings. The van der Waals surface area contributed by atoms with Crippen LogP contribution in [0.5, 0.6) is 0 Å². The molecule has 0 bridgehead atoms. The van der Waals surface area contributed by atoms with Gasteiger partial charge in [-0.15, -0.1) is 0 Å². The first-order valence-electron chi connectivity index (χ1n) is 4.22. The number of ether oxygens (including phenoxy) is 1. The second-order valence-electron chi connectivity index (χ2n) is 3.52. The summed E-state index contributed by atoms with van der Waals surface area (Å²) in [6, 6.07) is 0.560. The fraction of sp³-hybridized carbons (Fsp3) is 1.00. The van der Waals surface area contributed by atoms with Gasteiger partial charge in [-0.25, -0.2) is 0 Å². The molecule has 3 nitrogen and oxygen atoms in total. The fourth-order valence-corrected chi connectivity index (χ4v) is 1.18. The molecule has 0 aromatic heterocycles. The SMILES string of the molecule is CC(C)NCC1CN(C)CO1. The van der Waals surface area contributed by atoms with Gasteiger partial charge in [0.25, 0.3) is 0 Å². The fourth-order valence-electron chi connectivity index (χ4n) is 1.18. The molecule has 1 aliphatic rings. The van der Waals surface area contributed by atoms with Crippen molar-refractivity contribution in [3.63, 3.8) is 0 Å². The van der Waals surface area contributed by atoms with E-state index in [2.05, 4.69) is 31.1 Å². The average Bonchev–Trinajstić information content (AvgIpc) is 2.31. The van der Waals surface area contributed by atoms with Crippen LogP contribution in [0.3, 0.4) is 0 Å². The first kappa shape index (κ1) is 8.97. The number of hydrogen-bond acceptors (Lipinski definition) is 3. The van der Waals surface area contributed by atoms with Gasteiger partial charge in [0.05, 0.1) is 12.8 Å². The van der Waals surface area contributed by atoms with Gasteiger partial charge >= 0.3 is 0 Å². The average molecular weight is 158 g/mol. The maximum atomic E-state index is 5.48. The molecule has 1 fully saturated rings. The van der Waals surface area contributed by atoms with Crippen molar-refractivity contribution in [2.24, 2.45) is 0 Å². The van der Waals surface area contributed by atoms with Gasteiger partial charge in [-0.2, -0.15) is 0 Å². The molecule has 1 atom stereocenters. The summed E-state index contributed by atoms with van der Waals surface area (Å²) in [5.74, 6) is 0. The van der Waals surface area contributed by atoms with E-state index in [9.17, 15) is 0 Å². The van der Waals surface area contributed by atoms with Crippen LogP contribution in [-0.2, 0) is 4.74 Å². The van der Waals surface area contributed by atoms with Crippen LogP contribution in [0.25, 0.3) is 0 Å². The Morgan fingerprint density at radius 3 is 2.82 bits per heavy atom. The molecule has 1 heterocycles. The molecule has 3 heteroatoms. The number of nitrogens with zero attached hydrogens (tertiary/aromatic N) is 1. The third kappa shape index (κ3) is 3.18. The Morgan fingerprint density at radius 2 is 2.36 bits per heavy atom. The van der Waals surface area contributed by atoms with Crippen LogP contribution in [0.4, 0.5) is 0 Å². The third-order valence-electron chi connectivity index (χ3n) is 1.80. The van der Waals surface area contributed by atoms with Crippen molar-refractivity contribution in [2.45, 2.75) is 26.0 Å². The van der Waals surface area contributed by atoms with E-state index in [4.69, 9.17) is 4.74 Å². The Kier molecular flexibility index (Phi) is 3.30. The number of hydrogen-bond donors (Lipinski definition) is 1. The van der Waals surface area contributed by atoms with Crippen LogP contribution in [0.15, 0.2) is 0 Å². The maximum absolute atomic E-state index is 5.48. The summed E-state index contributed by atoms with van der Waals surface area (Å²) in [5, 5.41) is 3.36. The quantitative estimate of drug-likeness (QED) is 0.638. The Bertz CT molecular complexity index is 117. The molecular formula is C8H18N2O. The standard InChI is InChI=1S/C8H18N2O/c1-7(2)9-4-8-5-10(3)6-11-8/h7-9H,4-6H2,1-3H3. The normalized spacial score (nSPS) is 26.7. The minimum Gasteiger partial charge on any atom is -0.360 e. The Balaban J connectivity index is 2.08. The molecule has 0 aromatic carbocycles. The monoisotopic (exact) mass is 158 g/mol. The van der Waals surface area contributed by atoms with Crippen molar-refractivity contribution in [2.75, 3.05) is 26.9 Å². The first-order valence-corrected chi connectivity index (χ1v) is 4.22. The van der Waals surface area contributed by atoms with E-state index in [1.807, 2.05) is 0 Å². The lowest BCUT2D eigenvalue weighted by molar-refractivity contribution is 0.0935. The molecule has 1 N–H and O–H groups in total. The highest BCUT2D eigenvalue weighted by Crippen LogP contribution is 2.03. The number of likely N-dealkylation sites (N-methyl/N-ethyl adjacent to an activating group) is 1. The van der Waals surface area contributed by atoms with Crippen molar-refractivity contribution in [3.8, 4) is 0 Å². The summed E-state index contributed by atoms with van der Waals surface area (Å²) in [5.41, 5.74) is 0. The Hall–Kier alpha value is -0.120. The second-order valence-corrected chi connectivity index (χ2v) is 3.52. The van der Waals surface area contributed by atoms with Crippen molar-refractivity contribution in [3.05, 3.63) is 0 Å². The summed E-state index contributed by atoms with van der Waals surface area (Å²) in [4.78, 5) is 2.19. The maximum Gasteiger partial charge on any atom is 0.0993 e. The Labute approximate surface area is 68.7 Å². The molecule has 0 radical (unpaired) electrons. The predicted molar refractivity (Wildman–Crippen MR) is 45.5 cm³/mol. The summed E-state index contributed by atoms with van der Waals surface area (Å²) in [7, 11) is 2.08. The van der Waals surface area contributed by atoms with Crippen LogP contribution in [0.1, 0.15) is 13.8 Å². The highest BCUT2D eigenvalue weighted by atomic mass is 16.5. The predicted octanol–water partition coefficient (Wildman–Crippen LogP) is 0.272. The van der Waals surface area contributed by atoms with Gasteiger partial charge in [0.2, 0.25) is 0 Å². The van der Waals surface area contributed by atoms with Crippen LogP contribution >= 0.6 is 0 Å². The minimum atomic E-state index is 0.391. The Morgan fingerprint density at radius 1 is 1.64 bits per heavy atom. The largest absolute Gasteiger partial charge is 0.360 e. The van der Waals surface area contributed by atoms with Crippen molar-refractivity contribution >= 4 is 0 Å². The molecule has 1 rings (SSSR count). The molecule has 0 spiro atoms. The van der Waals surface area contributed by atoms with E-state index in [1.165, 1.54) is 0 Å². The topological polar surface area (TPSA) is 24.5 Å². The van der Waals surface area contributed by atoms with Gasteiger partial charge in [0.15, 0.2) is 0 Å². The molecule has 11 heavy (non-hydrogen) atoms. The summed E-state index contributed by atoms with van der Waals surface area (Å²) < 4.78 is 5.48. The van der Waals surface area contributed by atoms with Gasteiger partial charge in [-0.1, -0.05) is 13.8 Å². The zero-order valence-corrected chi connectivity index (χ0v) is 7.63. The highest BCUT2D eigenvalue weighted by molar-refractivity contribution is 4.71. The lowest BCUT2D eigenvalue weighted by atomic mass is 10.3. The zero-order chi connectivity index (χ0) is 8.27. The lowest BCUT2D eigenvalue weighted by Crippen LogP contribution is -2.33. The highest BCUT2D eigenvalue weighted by Gasteiger charge is 2.19. The van der Waals surface area contributed by atoms with Crippen molar-refractivity contribution in [1.82, 2.24) is 10.2 Å². The van der Waals surface area contributed by atoms with Crippen LogP contribution in [0.2, 0.25) is 0 Å². The van der Waals surface area contributed by atoms with E-state index in [0.29, 0.717) is 12.1 Å². The lowest BCUT2D eigenvalue weighted by Gasteiger charge is -2.12. The van der Waals surface area contributed by atoms with E-state index in [0.717, 1.165) is 19.8 Å². The summed E-state index contributed by atoms with van der Waals surface area (Å²) in [6.45, 7) is 7.11. The number of rotatable bonds is 3. The minimum absolute atomic E-state index is 0.391. The van der Waals surface area contributed by atoms with E-state index >= 15 is 0 Å². The van der Waals surface area contributed by atoms with Crippen molar-refractivity contribution in [1.29, 1.82) is 0 Å². The van der Waals surface area contributed by atoms with E-state index in [-0.39, 0.29) is 0 Å². The molecule has 0 saturated carbocycles. The van der Waals surface area contributed by atoms with Crippen molar-refractivity contribution < 1.29 is 4.74 Å². The van der Waals surface area contributed by atoms with Crippen LogP contribution in [0, 0.1) is 0 Å². The van der Waals surface area contributed by atoms with Gasteiger partial charge in [0.1, 0.15) is 0 Å². The second kappa shape index (κ2) is 4.04. The third-order valence-corrected chi connectivity index (χ3v) is 1.80. The zero-order valence-electron chi connectivity index (χ0n) is 7.63. The van der Waals surface area contributed by atoms with Gasteiger partial charge < -0.3 is 10.1 Å². The van der Waals surface area contributed by atoms with E-state index in [1.54, 1.807) is 0 Å². The van der Waals surface area contributed by atoms with Gasteiger partial charge in [0, 0.05) is 19.1 Å². The first-order chi connectivity index (χ1) is 5.18. The molecule has 66 valence electrons. The van der Waals surface area contributed by atoms with E-state index < -0.39 is 0 Å². The van der Waals surface area contributed by atoms with Gasteiger partial charge in [-0.05, 0) is 7.05 Å². The molecule has 1 saturated heterocycles.